The first-order chi connectivity index (χ1) is 14.0. The lowest BCUT2D eigenvalue weighted by Gasteiger charge is -2.56. The number of carbonyl (C=O) groups is 1. The molecule has 0 aliphatic heterocycles. The fourth-order valence-electron chi connectivity index (χ4n) is 6.26. The minimum absolute atomic E-state index is 0.176. The molecule has 0 radical (unpaired) electrons. The molecule has 0 amide bonds. The second-order valence-corrected chi connectivity index (χ2v) is 10.5. The van der Waals surface area contributed by atoms with Gasteiger partial charge >= 0.3 is 5.97 Å². The molecule has 6 rings (SSSR count). The van der Waals surface area contributed by atoms with Crippen molar-refractivity contribution < 1.29 is 14.3 Å². The molecule has 4 saturated carbocycles. The number of thiazole rings is 1. The number of aromatic nitrogens is 1. The SMILES string of the molecule is COc1ccc(COC(=O)Cc2sc(C34CC5CC(CC(C5)C3)C4)nc2C)cc1. The number of aryl methyl sites for hydroxylation is 1. The first-order valence-electron chi connectivity index (χ1n) is 10.8. The van der Waals surface area contributed by atoms with E-state index in [-0.39, 0.29) is 5.97 Å². The van der Waals surface area contributed by atoms with Crippen LogP contribution in [0.1, 0.15) is 59.7 Å². The van der Waals surface area contributed by atoms with E-state index < -0.39 is 0 Å². The molecule has 29 heavy (non-hydrogen) atoms. The summed E-state index contributed by atoms with van der Waals surface area (Å²) in [6, 6.07) is 7.62. The summed E-state index contributed by atoms with van der Waals surface area (Å²) in [6.07, 6.45) is 8.58. The molecule has 0 unspecified atom stereocenters. The van der Waals surface area contributed by atoms with Crippen LogP contribution in [0.4, 0.5) is 0 Å². The largest absolute Gasteiger partial charge is 0.497 e. The van der Waals surface area contributed by atoms with Crippen LogP contribution in [0.15, 0.2) is 24.3 Å². The zero-order valence-electron chi connectivity index (χ0n) is 17.3. The highest BCUT2D eigenvalue weighted by Gasteiger charge is 2.53. The van der Waals surface area contributed by atoms with Crippen molar-refractivity contribution in [2.75, 3.05) is 7.11 Å². The Morgan fingerprint density at radius 1 is 1.10 bits per heavy atom. The van der Waals surface area contributed by atoms with Gasteiger partial charge in [0.1, 0.15) is 12.4 Å². The number of esters is 1. The number of hydrogen-bond donors (Lipinski definition) is 0. The highest BCUT2D eigenvalue weighted by molar-refractivity contribution is 7.12. The summed E-state index contributed by atoms with van der Waals surface area (Å²) < 4.78 is 10.7. The van der Waals surface area contributed by atoms with Crippen LogP contribution >= 0.6 is 11.3 Å². The van der Waals surface area contributed by atoms with Gasteiger partial charge in [-0.2, -0.15) is 0 Å². The highest BCUT2D eigenvalue weighted by atomic mass is 32.1. The van der Waals surface area contributed by atoms with Crippen molar-refractivity contribution in [1.29, 1.82) is 0 Å². The normalized spacial score (nSPS) is 29.8. The second kappa shape index (κ2) is 7.42. The Labute approximate surface area is 176 Å². The molecule has 4 aliphatic rings. The molecule has 0 saturated heterocycles. The van der Waals surface area contributed by atoms with Crippen LogP contribution in [-0.2, 0) is 28.0 Å². The van der Waals surface area contributed by atoms with Gasteiger partial charge in [0.15, 0.2) is 0 Å². The molecule has 1 heterocycles. The minimum Gasteiger partial charge on any atom is -0.497 e. The van der Waals surface area contributed by atoms with Crippen molar-refractivity contribution in [1.82, 2.24) is 4.98 Å². The van der Waals surface area contributed by atoms with Gasteiger partial charge in [-0.3, -0.25) is 4.79 Å². The van der Waals surface area contributed by atoms with Crippen molar-refractivity contribution in [3.8, 4) is 5.75 Å². The first-order valence-corrected chi connectivity index (χ1v) is 11.6. The molecule has 0 N–H and O–H groups in total. The maximum absolute atomic E-state index is 12.5. The second-order valence-electron chi connectivity index (χ2n) is 9.41. The van der Waals surface area contributed by atoms with E-state index in [2.05, 4.69) is 0 Å². The van der Waals surface area contributed by atoms with E-state index in [9.17, 15) is 4.79 Å². The standard InChI is InChI=1S/C24H29NO3S/c1-15-21(10-22(26)28-14-16-3-5-20(27-2)6-4-16)29-23(25-15)24-11-17-7-18(12-24)9-19(8-17)13-24/h3-6,17-19H,7-14H2,1-2H3. The Balaban J connectivity index is 1.24. The molecule has 0 atom stereocenters. The van der Waals surface area contributed by atoms with E-state index in [1.165, 1.54) is 43.5 Å². The number of nitrogens with zero attached hydrogens (tertiary/aromatic N) is 1. The third kappa shape index (κ3) is 3.70. The molecule has 4 fully saturated rings. The fourth-order valence-corrected chi connectivity index (χ4v) is 7.53. The molecule has 154 valence electrons. The maximum atomic E-state index is 12.5. The van der Waals surface area contributed by atoms with Crippen LogP contribution in [0.5, 0.6) is 5.75 Å². The molecule has 5 heteroatoms. The highest BCUT2D eigenvalue weighted by Crippen LogP contribution is 2.61. The average Bonchev–Trinajstić information content (AvgIpc) is 3.07. The lowest BCUT2D eigenvalue weighted by Crippen LogP contribution is -2.48. The monoisotopic (exact) mass is 411 g/mol. The zero-order valence-corrected chi connectivity index (χ0v) is 18.1. The average molecular weight is 412 g/mol. The van der Waals surface area contributed by atoms with Gasteiger partial charge < -0.3 is 9.47 Å². The van der Waals surface area contributed by atoms with Crippen molar-refractivity contribution in [2.24, 2.45) is 17.8 Å². The van der Waals surface area contributed by atoms with Gasteiger partial charge in [0.05, 0.1) is 24.2 Å². The zero-order chi connectivity index (χ0) is 20.0. The molecule has 4 nitrogen and oxygen atoms in total. The molecule has 4 aliphatic carbocycles. The molecule has 1 aromatic heterocycles. The summed E-state index contributed by atoms with van der Waals surface area (Å²) in [6.45, 7) is 2.34. The molecule has 4 bridgehead atoms. The number of benzene rings is 1. The lowest BCUT2D eigenvalue weighted by atomic mass is 9.50. The van der Waals surface area contributed by atoms with E-state index in [0.29, 0.717) is 18.4 Å². The lowest BCUT2D eigenvalue weighted by molar-refractivity contribution is -0.144. The Morgan fingerprint density at radius 2 is 1.72 bits per heavy atom. The summed E-state index contributed by atoms with van der Waals surface area (Å²) in [5, 5.41) is 1.30. The summed E-state index contributed by atoms with van der Waals surface area (Å²) >= 11 is 1.77. The first kappa shape index (κ1) is 19.1. The Hall–Kier alpha value is -1.88. The minimum atomic E-state index is -0.176. The predicted molar refractivity (Wildman–Crippen MR) is 113 cm³/mol. The molecule has 1 aromatic carbocycles. The predicted octanol–water partition coefficient (Wildman–Crippen LogP) is 5.21. The van der Waals surface area contributed by atoms with E-state index in [4.69, 9.17) is 14.5 Å². The van der Waals surface area contributed by atoms with Crippen LogP contribution in [-0.4, -0.2) is 18.1 Å². The Bertz CT molecular complexity index is 866. The van der Waals surface area contributed by atoms with Crippen molar-refractivity contribution in [3.05, 3.63) is 45.4 Å². The van der Waals surface area contributed by atoms with Crippen LogP contribution < -0.4 is 4.74 Å². The number of carbonyl (C=O) groups excluding carboxylic acids is 1. The quantitative estimate of drug-likeness (QED) is 0.612. The van der Waals surface area contributed by atoms with Gasteiger partial charge in [0.2, 0.25) is 0 Å². The van der Waals surface area contributed by atoms with E-state index in [1.54, 1.807) is 18.4 Å². The topological polar surface area (TPSA) is 48.4 Å². The van der Waals surface area contributed by atoms with Crippen LogP contribution in [0.25, 0.3) is 0 Å². The molecular formula is C24H29NO3S. The fraction of sp³-hybridized carbons (Fsp3) is 0.583. The van der Waals surface area contributed by atoms with Crippen LogP contribution in [0.3, 0.4) is 0 Å². The Kier molecular flexibility index (Phi) is 4.89. The number of methoxy groups -OCH3 is 1. The molecule has 0 spiro atoms. The number of rotatable bonds is 6. The van der Waals surface area contributed by atoms with Gasteiger partial charge in [0, 0.05) is 10.3 Å². The smallest absolute Gasteiger partial charge is 0.311 e. The van der Waals surface area contributed by atoms with Crippen LogP contribution in [0, 0.1) is 24.7 Å². The van der Waals surface area contributed by atoms with Crippen molar-refractivity contribution in [3.63, 3.8) is 0 Å². The van der Waals surface area contributed by atoms with Crippen molar-refractivity contribution in [2.45, 2.75) is 63.9 Å². The van der Waals surface area contributed by atoms with Gasteiger partial charge in [-0.05, 0) is 80.9 Å². The summed E-state index contributed by atoms with van der Waals surface area (Å²) in [7, 11) is 1.64. The molecule has 2 aromatic rings. The number of hydrogen-bond acceptors (Lipinski definition) is 5. The third-order valence-electron chi connectivity index (χ3n) is 7.25. The summed E-state index contributed by atoms with van der Waals surface area (Å²) in [5.41, 5.74) is 2.28. The summed E-state index contributed by atoms with van der Waals surface area (Å²) in [4.78, 5) is 18.5. The summed E-state index contributed by atoms with van der Waals surface area (Å²) in [5.74, 6) is 3.34. The van der Waals surface area contributed by atoms with Gasteiger partial charge in [0.25, 0.3) is 0 Å². The maximum Gasteiger partial charge on any atom is 0.311 e. The van der Waals surface area contributed by atoms with E-state index in [1.807, 2.05) is 31.2 Å². The molecular weight excluding hydrogens is 382 g/mol. The van der Waals surface area contributed by atoms with Crippen LogP contribution in [0.2, 0.25) is 0 Å². The number of ether oxygens (including phenoxy) is 2. The van der Waals surface area contributed by atoms with E-state index in [0.717, 1.165) is 39.6 Å². The van der Waals surface area contributed by atoms with Crippen molar-refractivity contribution >= 4 is 17.3 Å². The van der Waals surface area contributed by atoms with Gasteiger partial charge in [-0.1, -0.05) is 12.1 Å². The van der Waals surface area contributed by atoms with Gasteiger partial charge in [-0.15, -0.1) is 11.3 Å². The van der Waals surface area contributed by atoms with E-state index >= 15 is 0 Å². The Morgan fingerprint density at radius 3 is 2.31 bits per heavy atom. The van der Waals surface area contributed by atoms with Gasteiger partial charge in [-0.25, -0.2) is 4.98 Å². The third-order valence-corrected chi connectivity index (χ3v) is 8.65.